The standard InChI is InChI=1S/C13H22N4O3/c1-4-20-7-5-6-14-12(18)9-15-13(19)11-8-10(2)17(3)16-11/h8H,4-7,9H2,1-3H3,(H,14,18)(H,15,19). The zero-order valence-corrected chi connectivity index (χ0v) is 12.2. The van der Waals surface area contributed by atoms with Crippen LogP contribution in [0.3, 0.4) is 0 Å². The van der Waals surface area contributed by atoms with Gasteiger partial charge < -0.3 is 15.4 Å². The van der Waals surface area contributed by atoms with Gasteiger partial charge in [0.25, 0.3) is 5.91 Å². The molecule has 0 aliphatic carbocycles. The molecule has 0 bridgehead atoms. The molecule has 7 nitrogen and oxygen atoms in total. The van der Waals surface area contributed by atoms with Gasteiger partial charge in [0, 0.05) is 32.5 Å². The summed E-state index contributed by atoms with van der Waals surface area (Å²) >= 11 is 0. The minimum Gasteiger partial charge on any atom is -0.382 e. The van der Waals surface area contributed by atoms with E-state index in [0.717, 1.165) is 12.1 Å². The second kappa shape index (κ2) is 8.31. The van der Waals surface area contributed by atoms with E-state index in [2.05, 4.69) is 15.7 Å². The maximum Gasteiger partial charge on any atom is 0.272 e. The Morgan fingerprint density at radius 3 is 2.75 bits per heavy atom. The van der Waals surface area contributed by atoms with Crippen molar-refractivity contribution in [3.8, 4) is 0 Å². The molecular formula is C13H22N4O3. The lowest BCUT2D eigenvalue weighted by Crippen LogP contribution is -2.37. The van der Waals surface area contributed by atoms with E-state index < -0.39 is 0 Å². The molecule has 1 heterocycles. The molecular weight excluding hydrogens is 260 g/mol. The molecule has 0 aliphatic heterocycles. The Morgan fingerprint density at radius 1 is 1.40 bits per heavy atom. The Hall–Kier alpha value is -1.89. The lowest BCUT2D eigenvalue weighted by molar-refractivity contribution is -0.120. The summed E-state index contributed by atoms with van der Waals surface area (Å²) < 4.78 is 6.77. The van der Waals surface area contributed by atoms with Crippen molar-refractivity contribution in [2.75, 3.05) is 26.3 Å². The number of nitrogens with zero attached hydrogens (tertiary/aromatic N) is 2. The lowest BCUT2D eigenvalue weighted by atomic mass is 10.3. The number of carbonyl (C=O) groups excluding carboxylic acids is 2. The molecule has 0 radical (unpaired) electrons. The molecule has 1 rings (SSSR count). The first kappa shape index (κ1) is 16.2. The van der Waals surface area contributed by atoms with E-state index in [-0.39, 0.29) is 18.4 Å². The predicted octanol–water partition coefficient (Wildman–Crippen LogP) is 0.00112. The third kappa shape index (κ3) is 5.40. The Balaban J connectivity index is 2.22. The third-order valence-electron chi connectivity index (χ3n) is 2.75. The van der Waals surface area contributed by atoms with Gasteiger partial charge in [-0.15, -0.1) is 0 Å². The second-order valence-corrected chi connectivity index (χ2v) is 4.38. The van der Waals surface area contributed by atoms with Gasteiger partial charge in [-0.3, -0.25) is 14.3 Å². The summed E-state index contributed by atoms with van der Waals surface area (Å²) in [7, 11) is 1.76. The van der Waals surface area contributed by atoms with E-state index in [1.54, 1.807) is 17.8 Å². The van der Waals surface area contributed by atoms with E-state index in [1.807, 2.05) is 13.8 Å². The number of amides is 2. The van der Waals surface area contributed by atoms with Crippen LogP contribution in [0.5, 0.6) is 0 Å². The highest BCUT2D eigenvalue weighted by molar-refractivity contribution is 5.94. The summed E-state index contributed by atoms with van der Waals surface area (Å²) in [5.74, 6) is -0.569. The van der Waals surface area contributed by atoms with E-state index in [1.165, 1.54) is 0 Å². The van der Waals surface area contributed by atoms with Crippen molar-refractivity contribution < 1.29 is 14.3 Å². The Bertz CT molecular complexity index is 437. The summed E-state index contributed by atoms with van der Waals surface area (Å²) in [6.07, 6.45) is 0.757. The molecule has 7 heteroatoms. The molecule has 2 N–H and O–H groups in total. The molecule has 112 valence electrons. The van der Waals surface area contributed by atoms with E-state index in [0.29, 0.717) is 25.5 Å². The molecule has 0 saturated carbocycles. The fourth-order valence-corrected chi connectivity index (χ4v) is 1.53. The molecule has 0 fully saturated rings. The smallest absolute Gasteiger partial charge is 0.272 e. The summed E-state index contributed by atoms with van der Waals surface area (Å²) in [4.78, 5) is 23.2. The number of hydrogen-bond acceptors (Lipinski definition) is 4. The van der Waals surface area contributed by atoms with Crippen molar-refractivity contribution in [1.29, 1.82) is 0 Å². The van der Waals surface area contributed by atoms with Crippen LogP contribution in [0.15, 0.2) is 6.07 Å². The van der Waals surface area contributed by atoms with Crippen molar-refractivity contribution in [2.24, 2.45) is 7.05 Å². The minimum absolute atomic E-state index is 0.0525. The molecule has 0 aromatic carbocycles. The van der Waals surface area contributed by atoms with Crippen molar-refractivity contribution in [2.45, 2.75) is 20.3 Å². The number of aromatic nitrogens is 2. The average Bonchev–Trinajstić information content (AvgIpc) is 2.76. The van der Waals surface area contributed by atoms with Gasteiger partial charge >= 0.3 is 0 Å². The normalized spacial score (nSPS) is 10.3. The fourth-order valence-electron chi connectivity index (χ4n) is 1.53. The van der Waals surface area contributed by atoms with E-state index in [4.69, 9.17) is 4.74 Å². The highest BCUT2D eigenvalue weighted by Gasteiger charge is 2.11. The molecule has 0 spiro atoms. The minimum atomic E-state index is -0.349. The Kier molecular flexibility index (Phi) is 6.72. The number of hydrogen-bond donors (Lipinski definition) is 2. The predicted molar refractivity (Wildman–Crippen MR) is 74.4 cm³/mol. The summed E-state index contributed by atoms with van der Waals surface area (Å²) in [6.45, 7) is 5.56. The van der Waals surface area contributed by atoms with Crippen LogP contribution in [-0.2, 0) is 16.6 Å². The maximum atomic E-state index is 11.7. The first-order valence-corrected chi connectivity index (χ1v) is 6.68. The van der Waals surface area contributed by atoms with Gasteiger partial charge in [-0.2, -0.15) is 5.10 Å². The highest BCUT2D eigenvalue weighted by Crippen LogP contribution is 2.00. The maximum absolute atomic E-state index is 11.7. The third-order valence-corrected chi connectivity index (χ3v) is 2.75. The topological polar surface area (TPSA) is 85.3 Å². The second-order valence-electron chi connectivity index (χ2n) is 4.38. The summed E-state index contributed by atoms with van der Waals surface area (Å²) in [5, 5.41) is 9.28. The van der Waals surface area contributed by atoms with E-state index in [9.17, 15) is 9.59 Å². The van der Waals surface area contributed by atoms with Crippen molar-refractivity contribution in [3.05, 3.63) is 17.5 Å². The quantitative estimate of drug-likeness (QED) is 0.657. The van der Waals surface area contributed by atoms with Gasteiger partial charge in [-0.05, 0) is 26.3 Å². The zero-order valence-electron chi connectivity index (χ0n) is 12.2. The number of rotatable bonds is 8. The molecule has 0 aliphatic rings. The van der Waals surface area contributed by atoms with Crippen LogP contribution in [-0.4, -0.2) is 47.9 Å². The number of nitrogens with one attached hydrogen (secondary N) is 2. The first-order chi connectivity index (χ1) is 9.54. The number of carbonyl (C=O) groups is 2. The summed E-state index contributed by atoms with van der Waals surface area (Å²) in [6, 6.07) is 1.68. The highest BCUT2D eigenvalue weighted by atomic mass is 16.5. The van der Waals surface area contributed by atoms with Crippen LogP contribution in [0.2, 0.25) is 0 Å². The molecule has 1 aromatic heterocycles. The Labute approximate surface area is 118 Å². The Morgan fingerprint density at radius 2 is 2.15 bits per heavy atom. The molecule has 1 aromatic rings. The van der Waals surface area contributed by atoms with Crippen molar-refractivity contribution in [3.63, 3.8) is 0 Å². The van der Waals surface area contributed by atoms with Crippen molar-refractivity contribution in [1.82, 2.24) is 20.4 Å². The fraction of sp³-hybridized carbons (Fsp3) is 0.615. The largest absolute Gasteiger partial charge is 0.382 e. The molecule has 0 unspecified atom stereocenters. The molecule has 0 saturated heterocycles. The number of aryl methyl sites for hydroxylation is 2. The van der Waals surface area contributed by atoms with Gasteiger partial charge in [0.05, 0.1) is 6.54 Å². The van der Waals surface area contributed by atoms with Gasteiger partial charge in [0.15, 0.2) is 0 Å². The van der Waals surface area contributed by atoms with E-state index >= 15 is 0 Å². The van der Waals surface area contributed by atoms with Crippen LogP contribution in [0.4, 0.5) is 0 Å². The molecule has 2 amide bonds. The van der Waals surface area contributed by atoms with Gasteiger partial charge in [-0.1, -0.05) is 0 Å². The van der Waals surface area contributed by atoms with Crippen LogP contribution in [0, 0.1) is 6.92 Å². The first-order valence-electron chi connectivity index (χ1n) is 6.68. The van der Waals surface area contributed by atoms with Crippen LogP contribution in [0.25, 0.3) is 0 Å². The van der Waals surface area contributed by atoms with Crippen LogP contribution < -0.4 is 10.6 Å². The average molecular weight is 282 g/mol. The van der Waals surface area contributed by atoms with Gasteiger partial charge in [-0.25, -0.2) is 0 Å². The SMILES string of the molecule is CCOCCCNC(=O)CNC(=O)c1cc(C)n(C)n1. The van der Waals surface area contributed by atoms with Crippen molar-refractivity contribution >= 4 is 11.8 Å². The number of ether oxygens (including phenoxy) is 1. The molecule has 20 heavy (non-hydrogen) atoms. The summed E-state index contributed by atoms with van der Waals surface area (Å²) in [5.41, 5.74) is 1.20. The lowest BCUT2D eigenvalue weighted by Gasteiger charge is -2.06. The molecule has 0 atom stereocenters. The zero-order chi connectivity index (χ0) is 15.0. The van der Waals surface area contributed by atoms with Gasteiger partial charge in [0.2, 0.25) is 5.91 Å². The van der Waals surface area contributed by atoms with Gasteiger partial charge in [0.1, 0.15) is 5.69 Å². The van der Waals surface area contributed by atoms with Crippen LogP contribution in [0.1, 0.15) is 29.5 Å². The van der Waals surface area contributed by atoms with Crippen LogP contribution >= 0.6 is 0 Å². The monoisotopic (exact) mass is 282 g/mol.